The van der Waals surface area contributed by atoms with Crippen LogP contribution in [0.1, 0.15) is 37.6 Å². The number of anilines is 1. The van der Waals surface area contributed by atoms with E-state index in [1.54, 1.807) is 0 Å². The number of alkyl halides is 3. The lowest BCUT2D eigenvalue weighted by atomic mass is 9.89. The molecule has 0 radical (unpaired) electrons. The molecule has 1 N–H and O–H groups in total. The molecule has 0 amide bonds. The van der Waals surface area contributed by atoms with Crippen LogP contribution in [-0.4, -0.2) is 16.3 Å². The number of aromatic nitrogens is 2. The van der Waals surface area contributed by atoms with Crippen LogP contribution in [0.25, 0.3) is 5.69 Å². The van der Waals surface area contributed by atoms with Gasteiger partial charge in [0.2, 0.25) is 0 Å². The molecule has 0 saturated heterocycles. The van der Waals surface area contributed by atoms with E-state index in [0.29, 0.717) is 12.4 Å². The zero-order chi connectivity index (χ0) is 17.0. The third-order valence-electron chi connectivity index (χ3n) is 3.85. The number of nitrogens with one attached hydrogen (secondary N) is 1. The molecule has 7 heteroatoms. The summed E-state index contributed by atoms with van der Waals surface area (Å²) in [6.07, 6.45) is -3.74. The summed E-state index contributed by atoms with van der Waals surface area (Å²) >= 11 is 5.76. The van der Waals surface area contributed by atoms with Gasteiger partial charge in [-0.3, -0.25) is 0 Å². The van der Waals surface area contributed by atoms with Crippen molar-refractivity contribution in [2.45, 2.75) is 38.8 Å². The Morgan fingerprint density at radius 3 is 2.52 bits per heavy atom. The van der Waals surface area contributed by atoms with Crippen LogP contribution in [-0.2, 0) is 18.0 Å². The highest BCUT2D eigenvalue weighted by Gasteiger charge is 2.37. The molecule has 0 atom stereocenters. The lowest BCUT2D eigenvalue weighted by Crippen LogP contribution is -2.17. The monoisotopic (exact) mass is 343 g/mol. The van der Waals surface area contributed by atoms with E-state index in [4.69, 9.17) is 11.6 Å². The summed E-state index contributed by atoms with van der Waals surface area (Å²) in [7, 11) is 0. The molecule has 2 aromatic rings. The summed E-state index contributed by atoms with van der Waals surface area (Å²) in [6, 6.07) is 3.76. The third-order valence-corrected chi connectivity index (χ3v) is 4.09. The number of benzene rings is 1. The summed E-state index contributed by atoms with van der Waals surface area (Å²) < 4.78 is 41.5. The quantitative estimate of drug-likeness (QED) is 0.805. The van der Waals surface area contributed by atoms with Gasteiger partial charge in [0.1, 0.15) is 5.82 Å². The first-order valence-corrected chi connectivity index (χ1v) is 7.70. The van der Waals surface area contributed by atoms with Crippen molar-refractivity contribution in [2.75, 3.05) is 11.9 Å². The SMILES string of the molecule is CC(C)(C)c1nn(-c2ccc(Cl)cc2C(F)(F)F)c2c1CCN2. The van der Waals surface area contributed by atoms with Crippen LogP contribution >= 0.6 is 11.6 Å². The smallest absolute Gasteiger partial charge is 0.369 e. The van der Waals surface area contributed by atoms with E-state index < -0.39 is 11.7 Å². The second kappa shape index (κ2) is 5.16. The topological polar surface area (TPSA) is 29.9 Å². The van der Waals surface area contributed by atoms with Gasteiger partial charge in [-0.05, 0) is 24.6 Å². The Morgan fingerprint density at radius 1 is 1.22 bits per heavy atom. The minimum Gasteiger partial charge on any atom is -0.369 e. The van der Waals surface area contributed by atoms with Crippen LogP contribution in [0.2, 0.25) is 5.02 Å². The zero-order valence-electron chi connectivity index (χ0n) is 13.1. The summed E-state index contributed by atoms with van der Waals surface area (Å²) in [4.78, 5) is 0. The lowest BCUT2D eigenvalue weighted by Gasteiger charge is -2.17. The van der Waals surface area contributed by atoms with E-state index in [0.717, 1.165) is 23.7 Å². The van der Waals surface area contributed by atoms with Crippen LogP contribution in [0.3, 0.4) is 0 Å². The van der Waals surface area contributed by atoms with Crippen LogP contribution in [0, 0.1) is 0 Å². The van der Waals surface area contributed by atoms with Gasteiger partial charge in [-0.15, -0.1) is 0 Å². The summed E-state index contributed by atoms with van der Waals surface area (Å²) in [5.41, 5.74) is 0.764. The maximum Gasteiger partial charge on any atom is 0.418 e. The normalized spacial score (nSPS) is 14.7. The van der Waals surface area contributed by atoms with Gasteiger partial charge in [0, 0.05) is 22.5 Å². The molecule has 3 nitrogen and oxygen atoms in total. The molecule has 0 fully saturated rings. The summed E-state index contributed by atoms with van der Waals surface area (Å²) in [5, 5.41) is 7.69. The molecule has 124 valence electrons. The van der Waals surface area contributed by atoms with Gasteiger partial charge < -0.3 is 5.32 Å². The molecular formula is C16H17ClF3N3. The maximum absolute atomic E-state index is 13.4. The van der Waals surface area contributed by atoms with Gasteiger partial charge in [0.15, 0.2) is 0 Å². The molecule has 1 aromatic heterocycles. The van der Waals surface area contributed by atoms with Crippen molar-refractivity contribution in [1.82, 2.24) is 9.78 Å². The highest BCUT2D eigenvalue weighted by Crippen LogP contribution is 2.40. The van der Waals surface area contributed by atoms with E-state index in [9.17, 15) is 13.2 Å². The van der Waals surface area contributed by atoms with Gasteiger partial charge in [-0.2, -0.15) is 18.3 Å². The van der Waals surface area contributed by atoms with Crippen molar-refractivity contribution in [3.63, 3.8) is 0 Å². The predicted octanol–water partition coefficient (Wildman–Crippen LogP) is 4.81. The Labute approximate surface area is 137 Å². The van der Waals surface area contributed by atoms with Gasteiger partial charge in [0.05, 0.1) is 16.9 Å². The molecule has 0 bridgehead atoms. The Morgan fingerprint density at radius 2 is 1.91 bits per heavy atom. The highest BCUT2D eigenvalue weighted by atomic mass is 35.5. The van der Waals surface area contributed by atoms with Crippen LogP contribution < -0.4 is 5.32 Å². The fourth-order valence-electron chi connectivity index (χ4n) is 2.87. The molecule has 1 aliphatic heterocycles. The average molecular weight is 344 g/mol. The molecule has 0 aliphatic carbocycles. The fourth-order valence-corrected chi connectivity index (χ4v) is 3.04. The zero-order valence-corrected chi connectivity index (χ0v) is 13.8. The molecule has 1 aromatic carbocycles. The molecule has 0 unspecified atom stereocenters. The molecule has 0 spiro atoms. The van der Waals surface area contributed by atoms with Crippen molar-refractivity contribution < 1.29 is 13.2 Å². The molecule has 1 aliphatic rings. The Hall–Kier alpha value is -1.69. The van der Waals surface area contributed by atoms with E-state index in [-0.39, 0.29) is 16.1 Å². The maximum atomic E-state index is 13.4. The van der Waals surface area contributed by atoms with Gasteiger partial charge in [-0.25, -0.2) is 4.68 Å². The van der Waals surface area contributed by atoms with Crippen molar-refractivity contribution in [3.05, 3.63) is 40.0 Å². The van der Waals surface area contributed by atoms with Crippen molar-refractivity contribution in [2.24, 2.45) is 0 Å². The minimum absolute atomic E-state index is 0.0111. The van der Waals surface area contributed by atoms with Gasteiger partial charge in [-0.1, -0.05) is 32.4 Å². The van der Waals surface area contributed by atoms with E-state index in [2.05, 4.69) is 10.4 Å². The molecule has 0 saturated carbocycles. The minimum atomic E-state index is -4.50. The van der Waals surface area contributed by atoms with Crippen molar-refractivity contribution >= 4 is 17.4 Å². The van der Waals surface area contributed by atoms with Crippen molar-refractivity contribution in [3.8, 4) is 5.69 Å². The standard InChI is InChI=1S/C16H17ClF3N3/c1-15(2,3)13-10-6-7-21-14(10)23(22-13)12-5-4-9(17)8-11(12)16(18,19)20/h4-5,8,21H,6-7H2,1-3H3. The van der Waals surface area contributed by atoms with E-state index in [1.807, 2.05) is 20.8 Å². The number of rotatable bonds is 1. The van der Waals surface area contributed by atoms with Crippen LogP contribution in [0.15, 0.2) is 18.2 Å². The van der Waals surface area contributed by atoms with Crippen molar-refractivity contribution in [1.29, 1.82) is 0 Å². The largest absolute Gasteiger partial charge is 0.418 e. The molecule has 3 rings (SSSR count). The Kier molecular flexibility index (Phi) is 3.63. The number of fused-ring (bicyclic) bond motifs is 1. The fraction of sp³-hybridized carbons (Fsp3) is 0.438. The first-order valence-electron chi connectivity index (χ1n) is 7.32. The first kappa shape index (κ1) is 16.2. The van der Waals surface area contributed by atoms with Crippen LogP contribution in [0.5, 0.6) is 0 Å². The number of nitrogens with zero attached hydrogens (tertiary/aromatic N) is 2. The Bertz CT molecular complexity index is 757. The second-order valence-electron chi connectivity index (χ2n) is 6.67. The first-order chi connectivity index (χ1) is 10.6. The van der Waals surface area contributed by atoms with E-state index >= 15 is 0 Å². The lowest BCUT2D eigenvalue weighted by molar-refractivity contribution is -0.137. The van der Waals surface area contributed by atoms with E-state index in [1.165, 1.54) is 16.8 Å². The molecule has 2 heterocycles. The molecule has 23 heavy (non-hydrogen) atoms. The van der Waals surface area contributed by atoms with Gasteiger partial charge in [0.25, 0.3) is 0 Å². The van der Waals surface area contributed by atoms with Crippen LogP contribution in [0.4, 0.5) is 19.0 Å². The predicted molar refractivity (Wildman–Crippen MR) is 84.5 cm³/mol. The van der Waals surface area contributed by atoms with Gasteiger partial charge >= 0.3 is 6.18 Å². The second-order valence-corrected chi connectivity index (χ2v) is 7.11. The number of halogens is 4. The summed E-state index contributed by atoms with van der Waals surface area (Å²) in [5.74, 6) is 0.641. The third kappa shape index (κ3) is 2.80. The summed E-state index contributed by atoms with van der Waals surface area (Å²) in [6.45, 7) is 6.71. The number of hydrogen-bond donors (Lipinski definition) is 1. The highest BCUT2D eigenvalue weighted by molar-refractivity contribution is 6.30. The average Bonchev–Trinajstić information content (AvgIpc) is 2.98. The molecular weight excluding hydrogens is 327 g/mol. The Balaban J connectivity index is 2.25. The number of hydrogen-bond acceptors (Lipinski definition) is 2.